The van der Waals surface area contributed by atoms with E-state index in [1.54, 1.807) is 0 Å². The van der Waals surface area contributed by atoms with Crippen molar-refractivity contribution in [1.82, 2.24) is 0 Å². The number of carbonyl (C=O) groups excluding carboxylic acids is 1. The summed E-state index contributed by atoms with van der Waals surface area (Å²) in [6, 6.07) is -0.479. The topological polar surface area (TPSA) is 89.3 Å². The fraction of sp³-hybridized carbons (Fsp3) is 0.600. The predicted molar refractivity (Wildman–Crippen MR) is 39.1 cm³/mol. The van der Waals surface area contributed by atoms with Gasteiger partial charge in [-0.1, -0.05) is 0 Å². The van der Waals surface area contributed by atoms with Crippen LogP contribution in [0, 0.1) is 0 Å². The Kier molecular flexibility index (Phi) is 4.27. The van der Waals surface area contributed by atoms with Gasteiger partial charge in [0, 0.05) is 0 Å². The van der Waals surface area contributed by atoms with Crippen LogP contribution in [-0.4, -0.2) is 37.2 Å². The summed E-state index contributed by atoms with van der Waals surface area (Å²) in [5.74, 6) is -0.406. The molecule has 0 aromatic heterocycles. The Morgan fingerprint density at radius 3 is 2.50 bits per heavy atom. The molecule has 0 rings (SSSR count). The van der Waals surface area contributed by atoms with E-state index in [9.17, 15) is 4.79 Å². The molecule has 0 bridgehead atoms. The first kappa shape index (κ1) is 9.62. The molecule has 5 heteroatoms. The molecule has 1 amide bonds. The molecule has 0 saturated carbocycles. The molecular weight excluding hydrogens is 199 g/mol. The minimum atomic E-state index is -0.479. The molecule has 5 N–H and O–H groups in total. The monoisotopic (exact) mass is 210 g/mol. The van der Waals surface area contributed by atoms with E-state index in [1.807, 2.05) is 0 Å². The van der Waals surface area contributed by atoms with Crippen molar-refractivity contribution in [2.24, 2.45) is 11.5 Å². The third kappa shape index (κ3) is 4.49. The van der Waals surface area contributed by atoms with E-state index < -0.39 is 11.9 Å². The first-order chi connectivity index (χ1) is 4.54. The van der Waals surface area contributed by atoms with Gasteiger partial charge in [0.2, 0.25) is 0 Å². The van der Waals surface area contributed by atoms with E-state index >= 15 is 0 Å². The maximum absolute atomic E-state index is 10.2. The van der Waals surface area contributed by atoms with Crippen LogP contribution in [0.4, 0.5) is 0 Å². The van der Waals surface area contributed by atoms with Crippen LogP contribution in [0.3, 0.4) is 0 Å². The molecule has 1 atom stereocenters. The Morgan fingerprint density at radius 1 is 1.70 bits per heavy atom. The second kappa shape index (κ2) is 4.44. The van der Waals surface area contributed by atoms with E-state index in [0.29, 0.717) is 6.42 Å². The summed E-state index contributed by atoms with van der Waals surface area (Å²) in [5.41, 5.74) is 10.2. The fourth-order valence-corrected chi connectivity index (χ4v) is 0.668. The average Bonchev–Trinajstić information content (AvgIpc) is 1.82. The normalized spacial score (nSPS) is 12.5. The number of primary amides is 1. The van der Waals surface area contributed by atoms with Crippen molar-refractivity contribution >= 4 is 26.1 Å². The Labute approximate surface area is 66.9 Å². The summed E-state index contributed by atoms with van der Waals surface area (Å²) in [6.07, 6.45) is 0.584. The van der Waals surface area contributed by atoms with Crippen LogP contribution in [0.15, 0.2) is 0 Å². The summed E-state index contributed by atoms with van der Waals surface area (Å²) in [6.45, 7) is 0. The van der Waals surface area contributed by atoms with Crippen LogP contribution in [-0.2, 0) is 4.79 Å². The van der Waals surface area contributed by atoms with Crippen molar-refractivity contribution in [1.29, 1.82) is 0 Å². The molecule has 0 unspecified atom stereocenters. The first-order valence-corrected chi connectivity index (χ1v) is 3.66. The standard InChI is InChI=1S/C5H10N2O2Se/c6-3(5(9)10)1-2-4(7)8/h3H,1-2,6H2,(H2,7,8)(H,9,10)/t3-/m0/s1. The molecule has 58 valence electrons. The molecule has 0 aromatic rings. The number of hydrogen-bond acceptors (Lipinski definition) is 3. The molecule has 10 heavy (non-hydrogen) atoms. The van der Waals surface area contributed by atoms with Crippen molar-refractivity contribution in [2.75, 3.05) is 0 Å². The molecule has 0 fully saturated rings. The maximum atomic E-state index is 10.2. The number of aliphatic hydroxyl groups is 1. The van der Waals surface area contributed by atoms with Crippen molar-refractivity contribution in [2.45, 2.75) is 18.9 Å². The molecular formula is C5H10N2O2Se. The van der Waals surface area contributed by atoms with Crippen LogP contribution in [0.1, 0.15) is 12.8 Å². The van der Waals surface area contributed by atoms with Gasteiger partial charge in [0.05, 0.1) is 0 Å². The molecule has 0 aliphatic rings. The van der Waals surface area contributed by atoms with Crippen molar-refractivity contribution in [3.05, 3.63) is 0 Å². The van der Waals surface area contributed by atoms with E-state index in [4.69, 9.17) is 16.6 Å². The number of carbonyl (C=O) groups is 1. The number of nitrogens with two attached hydrogens (primary N) is 2. The molecule has 0 aromatic carbocycles. The second-order valence-electron chi connectivity index (χ2n) is 1.95. The minimum absolute atomic E-state index is 0.0150. The molecule has 0 saturated heterocycles. The first-order valence-electron chi connectivity index (χ1n) is 2.80. The van der Waals surface area contributed by atoms with Crippen molar-refractivity contribution in [3.63, 3.8) is 0 Å². The third-order valence-corrected chi connectivity index (χ3v) is 1.65. The van der Waals surface area contributed by atoms with Crippen molar-refractivity contribution in [3.8, 4) is 0 Å². The summed E-state index contributed by atoms with van der Waals surface area (Å²) in [7, 11) is 0. The second-order valence-corrected chi connectivity index (χ2v) is 2.83. The van der Waals surface area contributed by atoms with E-state index in [-0.39, 0.29) is 11.0 Å². The Bertz CT molecular complexity index is 149. The van der Waals surface area contributed by atoms with Crippen LogP contribution in [0.5, 0.6) is 0 Å². The molecule has 0 heterocycles. The van der Waals surface area contributed by atoms with E-state index in [1.165, 1.54) is 0 Å². The number of rotatable bonds is 4. The van der Waals surface area contributed by atoms with E-state index in [2.05, 4.69) is 15.6 Å². The van der Waals surface area contributed by atoms with Crippen LogP contribution in [0.2, 0.25) is 0 Å². The SMILES string of the molecule is NC(=O)CC[C@H](N)C(O)=[Se]. The number of amides is 1. The van der Waals surface area contributed by atoms with Gasteiger partial charge in [0.15, 0.2) is 0 Å². The molecule has 0 spiro atoms. The van der Waals surface area contributed by atoms with Gasteiger partial charge in [-0.2, -0.15) is 0 Å². The Balaban J connectivity index is 3.49. The Morgan fingerprint density at radius 2 is 2.20 bits per heavy atom. The molecule has 4 nitrogen and oxygen atoms in total. The average molecular weight is 209 g/mol. The van der Waals surface area contributed by atoms with Gasteiger partial charge in [0.1, 0.15) is 0 Å². The van der Waals surface area contributed by atoms with Gasteiger partial charge >= 0.3 is 66.3 Å². The summed E-state index contributed by atoms with van der Waals surface area (Å²) < 4.78 is 0.0150. The Hall–Kier alpha value is -0.381. The summed E-state index contributed by atoms with van der Waals surface area (Å²) >= 11 is 2.36. The van der Waals surface area contributed by atoms with Crippen molar-refractivity contribution < 1.29 is 9.90 Å². The van der Waals surface area contributed by atoms with Gasteiger partial charge in [-0.15, -0.1) is 0 Å². The number of aliphatic hydroxyl groups excluding tert-OH is 1. The predicted octanol–water partition coefficient (Wildman–Crippen LogP) is -1.75. The van der Waals surface area contributed by atoms with Crippen LogP contribution < -0.4 is 11.5 Å². The van der Waals surface area contributed by atoms with Crippen LogP contribution in [0.25, 0.3) is 0 Å². The van der Waals surface area contributed by atoms with E-state index in [0.717, 1.165) is 0 Å². The molecule has 0 radical (unpaired) electrons. The molecule has 0 aliphatic heterocycles. The quantitative estimate of drug-likeness (QED) is 0.479. The summed E-state index contributed by atoms with van der Waals surface area (Å²) in [5, 5.41) is 8.72. The van der Waals surface area contributed by atoms with Gasteiger partial charge < -0.3 is 0 Å². The van der Waals surface area contributed by atoms with Crippen LogP contribution >= 0.6 is 0 Å². The third-order valence-electron chi connectivity index (χ3n) is 1.02. The van der Waals surface area contributed by atoms with Gasteiger partial charge in [-0.3, -0.25) is 0 Å². The van der Waals surface area contributed by atoms with Gasteiger partial charge in [-0.25, -0.2) is 0 Å². The zero-order valence-corrected chi connectivity index (χ0v) is 7.12. The van der Waals surface area contributed by atoms with Gasteiger partial charge in [-0.05, 0) is 0 Å². The van der Waals surface area contributed by atoms with Gasteiger partial charge in [0.25, 0.3) is 0 Å². The number of hydrogen-bond donors (Lipinski definition) is 3. The fourth-order valence-electron chi connectivity index (χ4n) is 0.421. The summed E-state index contributed by atoms with van der Waals surface area (Å²) in [4.78, 5) is 10.2. The zero-order chi connectivity index (χ0) is 8.15. The zero-order valence-electron chi connectivity index (χ0n) is 5.41. The molecule has 0 aliphatic carbocycles.